The molecular formula is C27H27N3O4. The number of carbonyl (C=O) groups excluding carboxylic acids is 1. The Bertz CT molecular complexity index is 1420. The summed E-state index contributed by atoms with van der Waals surface area (Å²) in [5.41, 5.74) is 2.69. The predicted molar refractivity (Wildman–Crippen MR) is 129 cm³/mol. The first-order chi connectivity index (χ1) is 16.5. The largest absolute Gasteiger partial charge is 0.458 e. The molecule has 4 heterocycles. The number of rotatable bonds is 3. The minimum atomic E-state index is -1.82. The minimum Gasteiger partial charge on any atom is -0.458 e. The molecule has 174 valence electrons. The summed E-state index contributed by atoms with van der Waals surface area (Å²) in [7, 11) is 0. The minimum absolute atomic E-state index is 0.122. The highest BCUT2D eigenvalue weighted by molar-refractivity contribution is 5.99. The Kier molecular flexibility index (Phi) is 4.92. The van der Waals surface area contributed by atoms with Crippen LogP contribution in [0.15, 0.2) is 40.1 Å². The van der Waals surface area contributed by atoms with E-state index in [0.29, 0.717) is 35.1 Å². The quantitative estimate of drug-likeness (QED) is 0.373. The summed E-state index contributed by atoms with van der Waals surface area (Å²) in [6.07, 6.45) is 8.09. The number of aromatic nitrogens is 2. The van der Waals surface area contributed by atoms with E-state index in [-0.39, 0.29) is 18.6 Å². The Morgan fingerprint density at radius 2 is 2.06 bits per heavy atom. The van der Waals surface area contributed by atoms with Crippen molar-refractivity contribution in [1.82, 2.24) is 9.55 Å². The van der Waals surface area contributed by atoms with Crippen molar-refractivity contribution in [3.8, 4) is 11.4 Å². The Labute approximate surface area is 197 Å². The van der Waals surface area contributed by atoms with Crippen molar-refractivity contribution in [3.63, 3.8) is 0 Å². The molecule has 1 aliphatic carbocycles. The van der Waals surface area contributed by atoms with Crippen molar-refractivity contribution in [2.24, 2.45) is 4.99 Å². The van der Waals surface area contributed by atoms with E-state index in [2.05, 4.69) is 6.07 Å². The highest BCUT2D eigenvalue weighted by Crippen LogP contribution is 2.38. The molecule has 1 N–H and O–H groups in total. The van der Waals surface area contributed by atoms with Crippen LogP contribution in [0, 0.1) is 0 Å². The average molecular weight is 458 g/mol. The fourth-order valence-corrected chi connectivity index (χ4v) is 5.55. The van der Waals surface area contributed by atoms with E-state index in [4.69, 9.17) is 14.7 Å². The summed E-state index contributed by atoms with van der Waals surface area (Å²) in [6, 6.07) is 10.3. The number of pyridine rings is 2. The molecule has 1 saturated carbocycles. The molecule has 0 unspecified atom stereocenters. The fourth-order valence-electron chi connectivity index (χ4n) is 5.55. The van der Waals surface area contributed by atoms with Crippen LogP contribution in [0.25, 0.3) is 22.3 Å². The van der Waals surface area contributed by atoms with Gasteiger partial charge in [0.15, 0.2) is 5.60 Å². The lowest BCUT2D eigenvalue weighted by molar-refractivity contribution is -0.172. The topological polar surface area (TPSA) is 93.8 Å². The average Bonchev–Trinajstić information content (AvgIpc) is 3.22. The normalized spacial score (nSPS) is 22.0. The van der Waals surface area contributed by atoms with Crippen molar-refractivity contribution in [2.45, 2.75) is 70.2 Å². The van der Waals surface area contributed by atoms with Crippen LogP contribution in [-0.2, 0) is 28.3 Å². The van der Waals surface area contributed by atoms with Gasteiger partial charge in [-0.05, 0) is 31.4 Å². The number of para-hydroxylation sites is 1. The van der Waals surface area contributed by atoms with E-state index in [1.807, 2.05) is 24.4 Å². The van der Waals surface area contributed by atoms with Gasteiger partial charge in [-0.2, -0.15) is 0 Å². The number of carbonyl (C=O) groups is 1. The molecular weight excluding hydrogens is 430 g/mol. The zero-order chi connectivity index (χ0) is 23.4. The number of fused-ring (bicyclic) bond motifs is 5. The van der Waals surface area contributed by atoms with Gasteiger partial charge in [-0.15, -0.1) is 0 Å². The van der Waals surface area contributed by atoms with Gasteiger partial charge in [0.25, 0.3) is 5.56 Å². The van der Waals surface area contributed by atoms with Gasteiger partial charge in [0.05, 0.1) is 29.0 Å². The van der Waals surface area contributed by atoms with Gasteiger partial charge in [-0.25, -0.2) is 9.78 Å². The lowest BCUT2D eigenvalue weighted by Gasteiger charge is -2.31. The van der Waals surface area contributed by atoms with Crippen molar-refractivity contribution in [1.29, 1.82) is 0 Å². The van der Waals surface area contributed by atoms with Gasteiger partial charge < -0.3 is 14.4 Å². The number of aliphatic imine (C=N–C) groups is 1. The molecule has 2 aliphatic heterocycles. The van der Waals surface area contributed by atoms with E-state index < -0.39 is 11.6 Å². The van der Waals surface area contributed by atoms with E-state index >= 15 is 0 Å². The van der Waals surface area contributed by atoms with Crippen molar-refractivity contribution in [2.75, 3.05) is 0 Å². The zero-order valence-corrected chi connectivity index (χ0v) is 19.2. The lowest BCUT2D eigenvalue weighted by Crippen LogP contribution is -2.44. The third-order valence-electron chi connectivity index (χ3n) is 7.57. The van der Waals surface area contributed by atoms with Crippen LogP contribution in [-0.4, -0.2) is 32.9 Å². The molecule has 1 fully saturated rings. The SMILES string of the molecule is CC[C@@]1(O)C(=O)OCc2c1cc1n(c2=O)Cc2cc3cccc(C=NC4CCCCC4)c3nc2-1. The number of benzene rings is 1. The predicted octanol–water partition coefficient (Wildman–Crippen LogP) is 3.83. The third kappa shape index (κ3) is 3.14. The highest BCUT2D eigenvalue weighted by atomic mass is 16.6. The van der Waals surface area contributed by atoms with Gasteiger partial charge in [0.1, 0.15) is 6.61 Å². The van der Waals surface area contributed by atoms with Crippen LogP contribution in [0.1, 0.15) is 67.7 Å². The molecule has 1 atom stereocenters. The first-order valence-electron chi connectivity index (χ1n) is 12.1. The molecule has 0 amide bonds. The zero-order valence-electron chi connectivity index (χ0n) is 19.2. The third-order valence-corrected chi connectivity index (χ3v) is 7.57. The summed E-state index contributed by atoms with van der Waals surface area (Å²) in [5, 5.41) is 12.1. The van der Waals surface area contributed by atoms with E-state index in [0.717, 1.165) is 34.9 Å². The second kappa shape index (κ2) is 7.87. The van der Waals surface area contributed by atoms with E-state index in [9.17, 15) is 14.7 Å². The van der Waals surface area contributed by atoms with Crippen LogP contribution in [0.5, 0.6) is 0 Å². The summed E-state index contributed by atoms with van der Waals surface area (Å²) < 4.78 is 6.82. The van der Waals surface area contributed by atoms with Crippen LogP contribution < -0.4 is 5.56 Å². The van der Waals surface area contributed by atoms with Crippen LogP contribution in [0.4, 0.5) is 0 Å². The fraction of sp³-hybridized carbons (Fsp3) is 0.407. The number of hydrogen-bond acceptors (Lipinski definition) is 6. The molecule has 7 heteroatoms. The van der Waals surface area contributed by atoms with Crippen LogP contribution >= 0.6 is 0 Å². The Morgan fingerprint density at radius 1 is 1.24 bits per heavy atom. The Balaban J connectivity index is 1.49. The standard InChI is InChI=1S/C27H27N3O4/c1-2-27(33)21-12-22-24-18(14-30(22)25(31)20(21)15-34-26(27)32)11-16-7-6-8-17(23(16)29-24)13-28-19-9-4-3-5-10-19/h6-8,11-13,19,33H,2-5,9-10,14-15H2,1H3/t27-/m0/s1. The summed E-state index contributed by atoms with van der Waals surface area (Å²) in [5.74, 6) is -0.710. The first kappa shape index (κ1) is 21.2. The first-order valence-corrected chi connectivity index (χ1v) is 12.1. The molecule has 0 radical (unpaired) electrons. The smallest absolute Gasteiger partial charge is 0.343 e. The Morgan fingerprint density at radius 3 is 2.85 bits per heavy atom. The lowest BCUT2D eigenvalue weighted by atomic mass is 9.86. The number of esters is 1. The number of cyclic esters (lactones) is 1. The van der Waals surface area contributed by atoms with Crippen molar-refractivity contribution in [3.05, 3.63) is 62.9 Å². The number of ether oxygens (including phenoxy) is 1. The number of nitrogens with zero attached hydrogens (tertiary/aromatic N) is 3. The van der Waals surface area contributed by atoms with Gasteiger partial charge in [0.2, 0.25) is 0 Å². The van der Waals surface area contributed by atoms with Gasteiger partial charge in [-0.3, -0.25) is 9.79 Å². The molecule has 0 bridgehead atoms. The molecule has 0 spiro atoms. The summed E-state index contributed by atoms with van der Waals surface area (Å²) in [4.78, 5) is 35.6. The maximum atomic E-state index is 13.3. The molecule has 2 aromatic heterocycles. The molecule has 0 saturated heterocycles. The summed E-state index contributed by atoms with van der Waals surface area (Å²) >= 11 is 0. The van der Waals surface area contributed by atoms with E-state index in [1.54, 1.807) is 17.6 Å². The van der Waals surface area contributed by atoms with Gasteiger partial charge >= 0.3 is 5.97 Å². The van der Waals surface area contributed by atoms with Crippen molar-refractivity contribution >= 4 is 23.1 Å². The second-order valence-electron chi connectivity index (χ2n) is 9.59. The molecule has 7 nitrogen and oxygen atoms in total. The van der Waals surface area contributed by atoms with E-state index in [1.165, 1.54) is 19.3 Å². The highest BCUT2D eigenvalue weighted by Gasteiger charge is 2.45. The van der Waals surface area contributed by atoms with Gasteiger partial charge in [0, 0.05) is 34.3 Å². The number of hydrogen-bond donors (Lipinski definition) is 1. The molecule has 1 aromatic carbocycles. The van der Waals surface area contributed by atoms with Crippen LogP contribution in [0.2, 0.25) is 0 Å². The molecule has 3 aromatic rings. The molecule has 34 heavy (non-hydrogen) atoms. The van der Waals surface area contributed by atoms with Crippen LogP contribution in [0.3, 0.4) is 0 Å². The second-order valence-corrected chi connectivity index (χ2v) is 9.59. The summed E-state index contributed by atoms with van der Waals surface area (Å²) in [6.45, 7) is 1.99. The number of aliphatic hydroxyl groups is 1. The molecule has 6 rings (SSSR count). The molecule has 3 aliphatic rings. The monoisotopic (exact) mass is 457 g/mol. The Hall–Kier alpha value is -3.32. The van der Waals surface area contributed by atoms with Gasteiger partial charge in [-0.1, -0.05) is 44.4 Å². The maximum absolute atomic E-state index is 13.3. The van der Waals surface area contributed by atoms with Crippen molar-refractivity contribution < 1.29 is 14.6 Å². The maximum Gasteiger partial charge on any atom is 0.343 e.